The number of esters is 1. The fourth-order valence-electron chi connectivity index (χ4n) is 9.08. The molecule has 0 heterocycles. The van der Waals surface area contributed by atoms with E-state index in [0.717, 1.165) is 57.8 Å². The van der Waals surface area contributed by atoms with Crippen LogP contribution in [0.15, 0.2) is 23.8 Å². The summed E-state index contributed by atoms with van der Waals surface area (Å²) >= 11 is 0. The Morgan fingerprint density at radius 2 is 1.48 bits per heavy atom. The quantitative estimate of drug-likeness (QED) is 0.109. The number of unbranched alkanes of at least 4 members (excludes halogenated alkanes) is 11. The Labute approximate surface area is 246 Å². The molecule has 0 aromatic rings. The van der Waals surface area contributed by atoms with Crippen molar-refractivity contribution in [3.63, 3.8) is 0 Å². The zero-order valence-electron chi connectivity index (χ0n) is 26.3. The van der Waals surface area contributed by atoms with Gasteiger partial charge in [-0.05, 0) is 93.8 Å². The molecule has 0 amide bonds. The molecule has 4 rings (SSSR count). The normalized spacial score (nSPS) is 33.4. The molecule has 3 saturated carbocycles. The summed E-state index contributed by atoms with van der Waals surface area (Å²) in [6.07, 6.45) is 32.8. The number of rotatable bonds is 16. The number of Topliss-reactive ketones (excluding diaryl/α,β-unsaturated/α-hetero) is 1. The number of hydrogen-bond donors (Lipinski definition) is 0. The molecule has 3 heteroatoms. The van der Waals surface area contributed by atoms with Crippen LogP contribution in [0.2, 0.25) is 0 Å². The molecule has 226 valence electrons. The van der Waals surface area contributed by atoms with E-state index in [4.69, 9.17) is 4.74 Å². The number of hydrogen-bond acceptors (Lipinski definition) is 3. The van der Waals surface area contributed by atoms with Crippen molar-refractivity contribution in [2.45, 2.75) is 168 Å². The van der Waals surface area contributed by atoms with Gasteiger partial charge in [-0.15, -0.1) is 0 Å². The highest BCUT2D eigenvalue weighted by atomic mass is 16.5. The number of carbonyl (C=O) groups excluding carboxylic acids is 2. The molecule has 3 fully saturated rings. The number of ether oxygens (including phenoxy) is 1. The second-order valence-corrected chi connectivity index (χ2v) is 14.4. The average Bonchev–Trinajstić information content (AvgIpc) is 3.25. The molecule has 0 radical (unpaired) electrons. The first kappa shape index (κ1) is 31.6. The van der Waals surface area contributed by atoms with E-state index in [2.05, 4.69) is 39.0 Å². The van der Waals surface area contributed by atoms with Crippen molar-refractivity contribution in [2.75, 3.05) is 0 Å². The van der Waals surface area contributed by atoms with Crippen molar-refractivity contribution in [3.05, 3.63) is 23.8 Å². The van der Waals surface area contributed by atoms with Gasteiger partial charge in [-0.2, -0.15) is 0 Å². The predicted molar refractivity (Wildman–Crippen MR) is 166 cm³/mol. The van der Waals surface area contributed by atoms with E-state index in [-0.39, 0.29) is 22.9 Å². The van der Waals surface area contributed by atoms with Crippen LogP contribution in [-0.2, 0) is 14.3 Å². The zero-order valence-corrected chi connectivity index (χ0v) is 26.3. The molecule has 0 aromatic carbocycles. The highest BCUT2D eigenvalue weighted by Crippen LogP contribution is 2.64. The SMILES string of the molecule is CCCCCCCC/C=C\CCCCCCCC(=O)O[C@H]1CC[C@@]2(C)C(=CC[C@@H]3[C@@H]2CC[C@]2(C)C(=O)CC[C@@H]32)C1. The van der Waals surface area contributed by atoms with E-state index in [1.807, 2.05) is 0 Å². The molecule has 0 bridgehead atoms. The molecule has 0 aliphatic heterocycles. The van der Waals surface area contributed by atoms with Crippen LogP contribution in [-0.4, -0.2) is 17.9 Å². The lowest BCUT2D eigenvalue weighted by Gasteiger charge is -2.56. The lowest BCUT2D eigenvalue weighted by Crippen LogP contribution is -2.50. The van der Waals surface area contributed by atoms with Crippen LogP contribution >= 0.6 is 0 Å². The van der Waals surface area contributed by atoms with Crippen molar-refractivity contribution in [1.82, 2.24) is 0 Å². The summed E-state index contributed by atoms with van der Waals surface area (Å²) in [5, 5.41) is 0. The fourth-order valence-corrected chi connectivity index (χ4v) is 9.08. The Balaban J connectivity index is 1.07. The minimum atomic E-state index is -0.0560. The second kappa shape index (κ2) is 15.2. The smallest absolute Gasteiger partial charge is 0.306 e. The van der Waals surface area contributed by atoms with E-state index < -0.39 is 0 Å². The summed E-state index contributed by atoms with van der Waals surface area (Å²) in [7, 11) is 0. The summed E-state index contributed by atoms with van der Waals surface area (Å²) in [5.41, 5.74) is 1.73. The van der Waals surface area contributed by atoms with E-state index in [0.29, 0.717) is 30.0 Å². The number of fused-ring (bicyclic) bond motifs is 5. The standard InChI is InChI=1S/C37H60O3/c1-4-5-6-7-8-9-10-11-12-13-14-15-16-17-18-19-35(39)40-30-24-26-36(2)29(28-30)20-21-31-32-22-23-34(38)37(32,3)27-25-33(31)36/h11-12,20,30-33H,4-10,13-19,21-28H2,1-3H3/b12-11-/t30-,31-,32-,33-,36-,37-/m0/s1. The van der Waals surface area contributed by atoms with Gasteiger partial charge < -0.3 is 4.74 Å². The van der Waals surface area contributed by atoms with Crippen LogP contribution in [0.5, 0.6) is 0 Å². The Kier molecular flexibility index (Phi) is 12.0. The third-order valence-corrected chi connectivity index (χ3v) is 11.7. The first-order chi connectivity index (χ1) is 19.4. The Morgan fingerprint density at radius 3 is 2.20 bits per heavy atom. The highest BCUT2D eigenvalue weighted by molar-refractivity contribution is 5.87. The maximum Gasteiger partial charge on any atom is 0.306 e. The lowest BCUT2D eigenvalue weighted by atomic mass is 9.48. The van der Waals surface area contributed by atoms with Gasteiger partial charge in [-0.1, -0.05) is 95.9 Å². The Morgan fingerprint density at radius 1 is 0.850 bits per heavy atom. The number of ketones is 1. The van der Waals surface area contributed by atoms with E-state index in [1.54, 1.807) is 5.57 Å². The lowest BCUT2D eigenvalue weighted by molar-refractivity contribution is -0.151. The summed E-state index contributed by atoms with van der Waals surface area (Å²) in [6.45, 7) is 7.02. The fraction of sp³-hybridized carbons (Fsp3) is 0.838. The minimum Gasteiger partial charge on any atom is -0.462 e. The summed E-state index contributed by atoms with van der Waals surface area (Å²) < 4.78 is 6.01. The van der Waals surface area contributed by atoms with Crippen LogP contribution in [0, 0.1) is 28.6 Å². The summed E-state index contributed by atoms with van der Waals surface area (Å²) in [5.74, 6) is 2.48. The molecule has 6 atom stereocenters. The monoisotopic (exact) mass is 552 g/mol. The van der Waals surface area contributed by atoms with E-state index in [1.165, 1.54) is 77.0 Å². The topological polar surface area (TPSA) is 43.4 Å². The van der Waals surface area contributed by atoms with Gasteiger partial charge in [0.2, 0.25) is 0 Å². The average molecular weight is 553 g/mol. The van der Waals surface area contributed by atoms with Crippen molar-refractivity contribution >= 4 is 11.8 Å². The first-order valence-corrected chi connectivity index (χ1v) is 17.5. The summed E-state index contributed by atoms with van der Waals surface area (Å²) in [6, 6.07) is 0. The van der Waals surface area contributed by atoms with Crippen molar-refractivity contribution in [2.24, 2.45) is 28.6 Å². The Bertz CT molecular complexity index is 886. The van der Waals surface area contributed by atoms with Gasteiger partial charge in [0.25, 0.3) is 0 Å². The molecule has 0 spiro atoms. The van der Waals surface area contributed by atoms with E-state index in [9.17, 15) is 9.59 Å². The number of carbonyl (C=O) groups is 2. The van der Waals surface area contributed by atoms with E-state index >= 15 is 0 Å². The summed E-state index contributed by atoms with van der Waals surface area (Å²) in [4.78, 5) is 25.3. The first-order valence-electron chi connectivity index (χ1n) is 17.5. The van der Waals surface area contributed by atoms with Crippen LogP contribution in [0.3, 0.4) is 0 Å². The molecule has 0 aromatic heterocycles. The maximum absolute atomic E-state index is 12.7. The van der Waals surface area contributed by atoms with Crippen LogP contribution in [0.1, 0.15) is 162 Å². The molecular formula is C37H60O3. The third-order valence-electron chi connectivity index (χ3n) is 11.7. The largest absolute Gasteiger partial charge is 0.462 e. The molecular weight excluding hydrogens is 492 g/mol. The van der Waals surface area contributed by atoms with Crippen LogP contribution < -0.4 is 0 Å². The number of allylic oxidation sites excluding steroid dienone is 3. The van der Waals surface area contributed by atoms with Crippen LogP contribution in [0.4, 0.5) is 0 Å². The minimum absolute atomic E-state index is 0.0124. The maximum atomic E-state index is 12.7. The molecule has 3 nitrogen and oxygen atoms in total. The highest BCUT2D eigenvalue weighted by Gasteiger charge is 2.58. The van der Waals surface area contributed by atoms with Gasteiger partial charge in [0.1, 0.15) is 11.9 Å². The molecule has 40 heavy (non-hydrogen) atoms. The molecule has 0 N–H and O–H groups in total. The van der Waals surface area contributed by atoms with Crippen molar-refractivity contribution in [1.29, 1.82) is 0 Å². The zero-order chi connectivity index (χ0) is 28.4. The molecule has 0 saturated heterocycles. The van der Waals surface area contributed by atoms with Gasteiger partial charge in [-0.25, -0.2) is 0 Å². The second-order valence-electron chi connectivity index (χ2n) is 14.4. The predicted octanol–water partition coefficient (Wildman–Crippen LogP) is 10.5. The molecule has 4 aliphatic rings. The molecule has 0 unspecified atom stereocenters. The van der Waals surface area contributed by atoms with Gasteiger partial charge >= 0.3 is 5.97 Å². The van der Waals surface area contributed by atoms with Gasteiger partial charge in [0.15, 0.2) is 0 Å². The van der Waals surface area contributed by atoms with Gasteiger partial charge in [0, 0.05) is 24.7 Å². The molecule has 4 aliphatic carbocycles. The third kappa shape index (κ3) is 7.71. The van der Waals surface area contributed by atoms with Crippen LogP contribution in [0.25, 0.3) is 0 Å². The van der Waals surface area contributed by atoms with Crippen molar-refractivity contribution in [3.8, 4) is 0 Å². The Hall–Kier alpha value is -1.38. The van der Waals surface area contributed by atoms with Gasteiger partial charge in [-0.3, -0.25) is 9.59 Å². The van der Waals surface area contributed by atoms with Gasteiger partial charge in [0.05, 0.1) is 0 Å². The van der Waals surface area contributed by atoms with Crippen molar-refractivity contribution < 1.29 is 14.3 Å².